The molecule has 1 aromatic heterocycles. The van der Waals surface area contributed by atoms with E-state index in [1.54, 1.807) is 6.07 Å². The first-order valence-electron chi connectivity index (χ1n) is 12.1. The molecule has 1 aliphatic carbocycles. The van der Waals surface area contributed by atoms with Gasteiger partial charge in [-0.25, -0.2) is 0 Å². The molecule has 3 aromatic rings. The SMILES string of the molecule is O=CCN1CCC(c2ccc3c(c2)-n2c(nc(=O)c4c(Cl)cccc42)C32CCCCC2)CC1. The van der Waals surface area contributed by atoms with E-state index in [4.69, 9.17) is 16.6 Å². The second kappa shape index (κ2) is 8.07. The summed E-state index contributed by atoms with van der Waals surface area (Å²) in [6, 6.07) is 12.7. The zero-order valence-electron chi connectivity index (χ0n) is 18.7. The van der Waals surface area contributed by atoms with Crippen molar-refractivity contribution in [1.29, 1.82) is 0 Å². The Hall–Kier alpha value is -2.50. The Kier molecular flexibility index (Phi) is 5.15. The minimum absolute atomic E-state index is 0.185. The molecule has 0 radical (unpaired) electrons. The van der Waals surface area contributed by atoms with Gasteiger partial charge in [-0.1, -0.05) is 49.1 Å². The zero-order valence-corrected chi connectivity index (χ0v) is 19.5. The molecule has 2 aromatic carbocycles. The normalized spacial score (nSPS) is 20.2. The Morgan fingerprint density at radius 1 is 1.09 bits per heavy atom. The van der Waals surface area contributed by atoms with Crippen LogP contribution in [0, 0.1) is 0 Å². The molecule has 2 fully saturated rings. The molecule has 0 unspecified atom stereocenters. The molecule has 2 aliphatic heterocycles. The second-order valence-electron chi connectivity index (χ2n) is 9.87. The van der Waals surface area contributed by atoms with E-state index in [9.17, 15) is 9.59 Å². The van der Waals surface area contributed by atoms with Crippen LogP contribution in [0.25, 0.3) is 16.6 Å². The number of hydrogen-bond donors (Lipinski definition) is 0. The number of aromatic nitrogens is 2. The van der Waals surface area contributed by atoms with Gasteiger partial charge in [-0.05, 0) is 74.0 Å². The lowest BCUT2D eigenvalue weighted by Crippen LogP contribution is -2.34. The summed E-state index contributed by atoms with van der Waals surface area (Å²) in [5, 5.41) is 0.972. The second-order valence-corrected chi connectivity index (χ2v) is 10.3. The van der Waals surface area contributed by atoms with Gasteiger partial charge in [0.15, 0.2) is 0 Å². The smallest absolute Gasteiger partial charge is 0.282 e. The van der Waals surface area contributed by atoms with E-state index in [0.29, 0.717) is 22.9 Å². The third-order valence-corrected chi connectivity index (χ3v) is 8.49. The highest BCUT2D eigenvalue weighted by Gasteiger charge is 2.46. The van der Waals surface area contributed by atoms with Crippen LogP contribution in [0.2, 0.25) is 5.02 Å². The molecule has 3 heterocycles. The van der Waals surface area contributed by atoms with E-state index in [2.05, 4.69) is 27.7 Å². The van der Waals surface area contributed by atoms with E-state index in [-0.39, 0.29) is 11.0 Å². The van der Waals surface area contributed by atoms with Crippen molar-refractivity contribution >= 4 is 28.8 Å². The highest BCUT2D eigenvalue weighted by molar-refractivity contribution is 6.35. The molecule has 0 atom stereocenters. The molecule has 0 amide bonds. The largest absolute Gasteiger partial charge is 0.302 e. The van der Waals surface area contributed by atoms with Crippen LogP contribution in [0.5, 0.6) is 0 Å². The molecular weight excluding hydrogens is 434 g/mol. The van der Waals surface area contributed by atoms with Crippen LogP contribution in [0.4, 0.5) is 0 Å². The fourth-order valence-corrected chi connectivity index (χ4v) is 6.76. The van der Waals surface area contributed by atoms with Crippen molar-refractivity contribution < 1.29 is 4.79 Å². The first-order valence-corrected chi connectivity index (χ1v) is 12.5. The number of piperidine rings is 1. The van der Waals surface area contributed by atoms with E-state index in [1.165, 1.54) is 23.2 Å². The number of nitrogens with zero attached hydrogens (tertiary/aromatic N) is 3. The number of halogens is 1. The summed E-state index contributed by atoms with van der Waals surface area (Å²) in [5.74, 6) is 1.38. The molecule has 3 aliphatic rings. The lowest BCUT2D eigenvalue weighted by atomic mass is 9.69. The third-order valence-electron chi connectivity index (χ3n) is 8.17. The van der Waals surface area contributed by atoms with Gasteiger partial charge < -0.3 is 4.79 Å². The highest BCUT2D eigenvalue weighted by atomic mass is 35.5. The van der Waals surface area contributed by atoms with Crippen molar-refractivity contribution in [1.82, 2.24) is 14.5 Å². The Labute approximate surface area is 198 Å². The van der Waals surface area contributed by atoms with Crippen molar-refractivity contribution in [3.8, 4) is 5.69 Å². The number of benzene rings is 2. The van der Waals surface area contributed by atoms with Crippen LogP contribution in [-0.4, -0.2) is 40.4 Å². The summed E-state index contributed by atoms with van der Waals surface area (Å²) in [6.07, 6.45) is 8.71. The Balaban J connectivity index is 1.52. The summed E-state index contributed by atoms with van der Waals surface area (Å²) < 4.78 is 2.23. The molecule has 33 heavy (non-hydrogen) atoms. The molecule has 170 valence electrons. The van der Waals surface area contributed by atoms with Crippen LogP contribution in [0.1, 0.15) is 67.8 Å². The summed E-state index contributed by atoms with van der Waals surface area (Å²) in [6.45, 7) is 2.43. The molecule has 5 nitrogen and oxygen atoms in total. The molecule has 6 rings (SSSR count). The third kappa shape index (κ3) is 3.20. The monoisotopic (exact) mass is 461 g/mol. The van der Waals surface area contributed by atoms with Gasteiger partial charge >= 0.3 is 0 Å². The number of carbonyl (C=O) groups is 1. The standard InChI is InChI=1S/C27H28ClN3O2/c28-21-5-4-6-22-24(21)25(33)29-26-27(11-2-1-3-12-27)20-8-7-19(17-23(20)31(22)26)18-9-13-30(14-10-18)15-16-32/h4-8,16-18H,1-3,9-15H2. The minimum atomic E-state index is -0.220. The van der Waals surface area contributed by atoms with Gasteiger partial charge in [-0.2, -0.15) is 4.98 Å². The van der Waals surface area contributed by atoms with Crippen LogP contribution >= 0.6 is 11.6 Å². The molecular formula is C27H28ClN3O2. The highest BCUT2D eigenvalue weighted by Crippen LogP contribution is 2.52. The molecule has 0 N–H and O–H groups in total. The van der Waals surface area contributed by atoms with E-state index in [1.807, 2.05) is 12.1 Å². The quantitative estimate of drug-likeness (QED) is 0.516. The van der Waals surface area contributed by atoms with Crippen molar-refractivity contribution in [3.05, 3.63) is 68.7 Å². The summed E-state index contributed by atoms with van der Waals surface area (Å²) in [5.41, 5.74) is 4.27. The number of fused-ring (bicyclic) bond motifs is 7. The first-order chi connectivity index (χ1) is 16.1. The lowest BCUT2D eigenvalue weighted by Gasteiger charge is -2.34. The van der Waals surface area contributed by atoms with E-state index < -0.39 is 0 Å². The van der Waals surface area contributed by atoms with Crippen LogP contribution in [-0.2, 0) is 10.2 Å². The number of likely N-dealkylation sites (tertiary alicyclic amines) is 1. The van der Waals surface area contributed by atoms with Crippen molar-refractivity contribution in [2.24, 2.45) is 0 Å². The molecule has 1 spiro atoms. The van der Waals surface area contributed by atoms with Crippen LogP contribution < -0.4 is 5.56 Å². The maximum atomic E-state index is 13.1. The number of carbonyl (C=O) groups excluding carboxylic acids is 1. The topological polar surface area (TPSA) is 55.2 Å². The number of rotatable bonds is 3. The summed E-state index contributed by atoms with van der Waals surface area (Å²) >= 11 is 6.48. The predicted molar refractivity (Wildman–Crippen MR) is 131 cm³/mol. The van der Waals surface area contributed by atoms with Gasteiger partial charge in [0.2, 0.25) is 0 Å². The average molecular weight is 462 g/mol. The van der Waals surface area contributed by atoms with Crippen molar-refractivity contribution in [3.63, 3.8) is 0 Å². The average Bonchev–Trinajstić information content (AvgIpc) is 3.09. The molecule has 0 bridgehead atoms. The zero-order chi connectivity index (χ0) is 22.6. The van der Waals surface area contributed by atoms with Gasteiger partial charge in [-0.15, -0.1) is 0 Å². The molecule has 6 heteroatoms. The minimum Gasteiger partial charge on any atom is -0.302 e. The first kappa shape index (κ1) is 21.1. The van der Waals surface area contributed by atoms with Gasteiger partial charge in [0, 0.05) is 0 Å². The fourth-order valence-electron chi connectivity index (χ4n) is 6.51. The summed E-state index contributed by atoms with van der Waals surface area (Å²) in [7, 11) is 0. The predicted octanol–water partition coefficient (Wildman–Crippen LogP) is 4.98. The molecule has 1 saturated heterocycles. The number of aldehydes is 1. The van der Waals surface area contributed by atoms with Crippen LogP contribution in [0.15, 0.2) is 41.2 Å². The van der Waals surface area contributed by atoms with Crippen molar-refractivity contribution in [2.45, 2.75) is 56.3 Å². The molecule has 1 saturated carbocycles. The lowest BCUT2D eigenvalue weighted by molar-refractivity contribution is -0.109. The van der Waals surface area contributed by atoms with Gasteiger partial charge in [0.05, 0.1) is 33.6 Å². The maximum Gasteiger partial charge on any atom is 0.282 e. The van der Waals surface area contributed by atoms with E-state index in [0.717, 1.165) is 69.2 Å². The fraction of sp³-hybridized carbons (Fsp3) is 0.444. The van der Waals surface area contributed by atoms with Crippen LogP contribution in [0.3, 0.4) is 0 Å². The Morgan fingerprint density at radius 2 is 1.88 bits per heavy atom. The Morgan fingerprint density at radius 3 is 2.64 bits per heavy atom. The maximum absolute atomic E-state index is 13.1. The van der Waals surface area contributed by atoms with E-state index >= 15 is 0 Å². The number of hydrogen-bond acceptors (Lipinski definition) is 4. The van der Waals surface area contributed by atoms with Crippen molar-refractivity contribution in [2.75, 3.05) is 19.6 Å². The van der Waals surface area contributed by atoms with Gasteiger partial charge in [0.25, 0.3) is 5.56 Å². The Bertz CT molecular complexity index is 1300. The summed E-state index contributed by atoms with van der Waals surface area (Å²) in [4.78, 5) is 30.9. The van der Waals surface area contributed by atoms with Gasteiger partial charge in [-0.3, -0.25) is 14.3 Å². The van der Waals surface area contributed by atoms with Gasteiger partial charge in [0.1, 0.15) is 12.1 Å².